The van der Waals surface area contributed by atoms with Crippen LogP contribution in [-0.2, 0) is 14.0 Å². The van der Waals surface area contributed by atoms with Crippen molar-refractivity contribution < 1.29 is 18.8 Å². The molecule has 1 aliphatic rings. The Kier molecular flexibility index (Phi) is 8.04. The molecule has 2 aromatic rings. The molecule has 1 aliphatic heterocycles. The highest BCUT2D eigenvalue weighted by Crippen LogP contribution is 2.37. The van der Waals surface area contributed by atoms with Gasteiger partial charge in [0.1, 0.15) is 11.4 Å². The molecule has 1 amide bonds. The van der Waals surface area contributed by atoms with Crippen molar-refractivity contribution in [3.05, 3.63) is 60.7 Å². The lowest BCUT2D eigenvalue weighted by molar-refractivity contribution is -0.123. The summed E-state index contributed by atoms with van der Waals surface area (Å²) in [4.78, 5) is 27.3. The lowest BCUT2D eigenvalue weighted by atomic mass is 10.0. The molecule has 1 heterocycles. The fourth-order valence-electron chi connectivity index (χ4n) is 4.71. The number of nitrogens with zero attached hydrogens (tertiary/aromatic N) is 1. The van der Waals surface area contributed by atoms with Crippen molar-refractivity contribution in [3.63, 3.8) is 0 Å². The molecular weight excluding hydrogens is 442 g/mol. The van der Waals surface area contributed by atoms with E-state index in [1.54, 1.807) is 4.90 Å². The van der Waals surface area contributed by atoms with Crippen molar-refractivity contribution in [1.29, 1.82) is 0 Å². The van der Waals surface area contributed by atoms with Gasteiger partial charge in [0.25, 0.3) is 8.32 Å². The van der Waals surface area contributed by atoms with Crippen LogP contribution in [0, 0.1) is 5.92 Å². The van der Waals surface area contributed by atoms with Gasteiger partial charge in [-0.05, 0) is 42.6 Å². The normalized spacial score (nSPS) is 17.9. The van der Waals surface area contributed by atoms with Crippen LogP contribution in [0.2, 0.25) is 5.04 Å². The van der Waals surface area contributed by atoms with Crippen LogP contribution in [0.3, 0.4) is 0 Å². The first-order valence-electron chi connectivity index (χ1n) is 12.2. The van der Waals surface area contributed by atoms with Crippen molar-refractivity contribution >= 4 is 30.6 Å². The first-order chi connectivity index (χ1) is 15.9. The minimum absolute atomic E-state index is 0.147. The van der Waals surface area contributed by atoms with Crippen LogP contribution in [0.1, 0.15) is 54.4 Å². The summed E-state index contributed by atoms with van der Waals surface area (Å²) in [5.41, 5.74) is -0.556. The number of ketones is 1. The number of hydrogen-bond acceptors (Lipinski definition) is 4. The topological polar surface area (TPSA) is 55.8 Å². The largest absolute Gasteiger partial charge is 0.444 e. The van der Waals surface area contributed by atoms with Crippen LogP contribution >= 0.6 is 0 Å². The van der Waals surface area contributed by atoms with E-state index in [4.69, 9.17) is 9.16 Å². The molecule has 0 radical (unpaired) electrons. The number of carbonyl (C=O) groups excluding carboxylic acids is 2. The highest BCUT2D eigenvalue weighted by molar-refractivity contribution is 6.99. The van der Waals surface area contributed by atoms with Crippen LogP contribution in [0.4, 0.5) is 4.79 Å². The fraction of sp³-hybridized carbons (Fsp3) is 0.500. The van der Waals surface area contributed by atoms with Crippen LogP contribution in [0.5, 0.6) is 0 Å². The molecule has 0 aliphatic carbocycles. The Morgan fingerprint density at radius 2 is 1.44 bits per heavy atom. The quantitative estimate of drug-likeness (QED) is 0.577. The monoisotopic (exact) mass is 481 g/mol. The van der Waals surface area contributed by atoms with Crippen molar-refractivity contribution in [2.24, 2.45) is 5.92 Å². The lowest BCUT2D eigenvalue weighted by Gasteiger charge is -2.43. The third kappa shape index (κ3) is 5.97. The van der Waals surface area contributed by atoms with Crippen LogP contribution in [-0.4, -0.2) is 50.4 Å². The Morgan fingerprint density at radius 1 is 0.912 bits per heavy atom. The van der Waals surface area contributed by atoms with E-state index in [-0.39, 0.29) is 22.8 Å². The Labute approximate surface area is 205 Å². The van der Waals surface area contributed by atoms with Crippen LogP contribution < -0.4 is 10.4 Å². The predicted molar refractivity (Wildman–Crippen MR) is 139 cm³/mol. The summed E-state index contributed by atoms with van der Waals surface area (Å²) < 4.78 is 12.5. The molecule has 1 fully saturated rings. The molecule has 34 heavy (non-hydrogen) atoms. The zero-order valence-electron chi connectivity index (χ0n) is 21.5. The highest BCUT2D eigenvalue weighted by Gasteiger charge is 2.50. The summed E-state index contributed by atoms with van der Waals surface area (Å²) >= 11 is 0. The fourth-order valence-corrected chi connectivity index (χ4v) is 9.31. The number of hydrogen-bond donors (Lipinski definition) is 0. The molecule has 0 aromatic heterocycles. The maximum atomic E-state index is 13.1. The summed E-state index contributed by atoms with van der Waals surface area (Å²) in [5.74, 6) is -0.0851. The smallest absolute Gasteiger partial charge is 0.410 e. The molecule has 5 nitrogen and oxygen atoms in total. The van der Waals surface area contributed by atoms with E-state index in [1.165, 1.54) is 10.4 Å². The first kappa shape index (κ1) is 26.2. The summed E-state index contributed by atoms with van der Waals surface area (Å²) in [7, 11) is -2.71. The average Bonchev–Trinajstić information content (AvgIpc) is 2.95. The second-order valence-corrected chi connectivity index (χ2v) is 15.4. The van der Waals surface area contributed by atoms with Crippen molar-refractivity contribution in [3.8, 4) is 0 Å². The van der Waals surface area contributed by atoms with Gasteiger partial charge < -0.3 is 14.1 Å². The van der Waals surface area contributed by atoms with Gasteiger partial charge in [-0.3, -0.25) is 4.79 Å². The molecule has 1 atom stereocenters. The summed E-state index contributed by atoms with van der Waals surface area (Å²) in [6.07, 6.45) is 0.554. The number of amides is 1. The van der Waals surface area contributed by atoms with Gasteiger partial charge in [-0.1, -0.05) is 81.4 Å². The summed E-state index contributed by atoms with van der Waals surface area (Å²) in [5, 5.41) is 2.25. The molecular formula is C28H39NO4Si. The third-order valence-electron chi connectivity index (χ3n) is 6.40. The van der Waals surface area contributed by atoms with Crippen molar-refractivity contribution in [2.45, 2.75) is 65.0 Å². The lowest BCUT2D eigenvalue weighted by Crippen LogP contribution is -2.67. The van der Waals surface area contributed by atoms with Crippen LogP contribution in [0.25, 0.3) is 0 Å². The number of ether oxygens (including phenoxy) is 1. The van der Waals surface area contributed by atoms with E-state index in [0.29, 0.717) is 32.5 Å². The number of benzene rings is 2. The molecule has 1 unspecified atom stereocenters. The van der Waals surface area contributed by atoms with Gasteiger partial charge in [0, 0.05) is 32.0 Å². The number of likely N-dealkylation sites (tertiary alicyclic amines) is 1. The maximum Gasteiger partial charge on any atom is 0.410 e. The van der Waals surface area contributed by atoms with Gasteiger partial charge in [0.15, 0.2) is 0 Å². The third-order valence-corrected chi connectivity index (χ3v) is 11.4. The maximum absolute atomic E-state index is 13.1. The van der Waals surface area contributed by atoms with Gasteiger partial charge in [0.2, 0.25) is 0 Å². The molecule has 2 aromatic carbocycles. The van der Waals surface area contributed by atoms with Gasteiger partial charge in [-0.15, -0.1) is 0 Å². The second-order valence-electron chi connectivity index (χ2n) is 11.1. The van der Waals surface area contributed by atoms with Crippen molar-refractivity contribution in [1.82, 2.24) is 4.90 Å². The molecule has 0 bridgehead atoms. The molecule has 1 saturated heterocycles. The van der Waals surface area contributed by atoms with E-state index in [1.807, 2.05) is 32.9 Å². The minimum Gasteiger partial charge on any atom is -0.444 e. The zero-order valence-corrected chi connectivity index (χ0v) is 22.5. The summed E-state index contributed by atoms with van der Waals surface area (Å²) in [6.45, 7) is 13.5. The van der Waals surface area contributed by atoms with E-state index >= 15 is 0 Å². The zero-order chi connectivity index (χ0) is 25.0. The molecule has 0 saturated carbocycles. The molecule has 6 heteroatoms. The number of rotatable bonds is 5. The van der Waals surface area contributed by atoms with Crippen LogP contribution in [0.15, 0.2) is 60.7 Å². The van der Waals surface area contributed by atoms with E-state index in [0.717, 1.165) is 0 Å². The van der Waals surface area contributed by atoms with E-state index < -0.39 is 13.9 Å². The Bertz CT molecular complexity index is 924. The SMILES string of the molecule is CC(C)(C)OC(=O)N1CCC(=O)C(CO[Si](c2ccccc2)(c2ccccc2)C(C)(C)C)CC1. The molecule has 184 valence electrons. The van der Waals surface area contributed by atoms with Gasteiger partial charge in [-0.25, -0.2) is 4.79 Å². The first-order valence-corrected chi connectivity index (χ1v) is 14.1. The number of carbonyl (C=O) groups is 2. The minimum atomic E-state index is -2.71. The standard InChI is InChI=1S/C28H39NO4Si/c1-27(2,3)33-26(31)29-19-17-22(25(30)18-20-29)21-32-34(28(4,5)6,23-13-9-7-10-14-23)24-15-11-8-12-16-24/h7-16,22H,17-21H2,1-6H3. The molecule has 3 rings (SSSR count). The van der Waals surface area contributed by atoms with E-state index in [2.05, 4.69) is 69.3 Å². The average molecular weight is 482 g/mol. The van der Waals surface area contributed by atoms with Gasteiger partial charge in [-0.2, -0.15) is 0 Å². The Hall–Kier alpha value is -2.44. The Balaban J connectivity index is 1.86. The Morgan fingerprint density at radius 3 is 1.91 bits per heavy atom. The highest BCUT2D eigenvalue weighted by atomic mass is 28.4. The predicted octanol–water partition coefficient (Wildman–Crippen LogP) is 4.78. The molecule has 0 spiro atoms. The number of Topliss-reactive ketones (excluding diaryl/α,β-unsaturated/α-hetero) is 1. The van der Waals surface area contributed by atoms with Gasteiger partial charge in [0.05, 0.1) is 0 Å². The summed E-state index contributed by atoms with van der Waals surface area (Å²) in [6, 6.07) is 20.9. The second kappa shape index (κ2) is 10.4. The van der Waals surface area contributed by atoms with Gasteiger partial charge >= 0.3 is 6.09 Å². The van der Waals surface area contributed by atoms with Crippen molar-refractivity contribution in [2.75, 3.05) is 19.7 Å². The molecule has 0 N–H and O–H groups in total. The van der Waals surface area contributed by atoms with E-state index in [9.17, 15) is 9.59 Å².